The molecule has 0 atom stereocenters. The van der Waals surface area contributed by atoms with Gasteiger partial charge in [0.2, 0.25) is 5.82 Å². The molecule has 0 bridgehead atoms. The van der Waals surface area contributed by atoms with Crippen LogP contribution in [0.15, 0.2) is 24.5 Å². The lowest BCUT2D eigenvalue weighted by Crippen LogP contribution is -2.06. The summed E-state index contributed by atoms with van der Waals surface area (Å²) < 4.78 is 1.50. The first kappa shape index (κ1) is 10.8. The van der Waals surface area contributed by atoms with Gasteiger partial charge in [-0.2, -0.15) is 5.26 Å². The van der Waals surface area contributed by atoms with Crippen molar-refractivity contribution in [1.82, 2.24) is 14.5 Å². The molecule has 2 heterocycles. The van der Waals surface area contributed by atoms with E-state index in [1.165, 1.54) is 16.8 Å². The Morgan fingerprint density at radius 3 is 2.88 bits per heavy atom. The van der Waals surface area contributed by atoms with Crippen molar-refractivity contribution in [1.29, 1.82) is 5.26 Å². The highest BCUT2D eigenvalue weighted by molar-refractivity contribution is 5.88. The number of carbonyl (C=O) groups is 1. The van der Waals surface area contributed by atoms with E-state index in [1.807, 2.05) is 6.07 Å². The summed E-state index contributed by atoms with van der Waals surface area (Å²) in [5.41, 5.74) is 0.542. The first-order valence-corrected chi connectivity index (χ1v) is 4.78. The minimum atomic E-state index is -1.02. The van der Waals surface area contributed by atoms with Gasteiger partial charge >= 0.3 is 5.97 Å². The van der Waals surface area contributed by atoms with Crippen molar-refractivity contribution in [2.45, 2.75) is 6.92 Å². The number of aryl methyl sites for hydroxylation is 1. The summed E-state index contributed by atoms with van der Waals surface area (Å²) in [5, 5.41) is 17.7. The number of carboxylic acids is 1. The van der Waals surface area contributed by atoms with Gasteiger partial charge in [0.1, 0.15) is 11.9 Å². The molecule has 6 heteroatoms. The molecule has 84 valence electrons. The van der Waals surface area contributed by atoms with E-state index in [2.05, 4.69) is 9.97 Å². The van der Waals surface area contributed by atoms with Gasteiger partial charge in [-0.3, -0.25) is 4.57 Å². The van der Waals surface area contributed by atoms with Crippen LogP contribution in [0.4, 0.5) is 0 Å². The topological polar surface area (TPSA) is 91.8 Å². The molecule has 0 aliphatic carbocycles. The number of hydrogen-bond acceptors (Lipinski definition) is 4. The Morgan fingerprint density at radius 2 is 2.29 bits per heavy atom. The number of rotatable bonds is 2. The number of imidazole rings is 1. The number of hydrogen-bond donors (Lipinski definition) is 1. The molecule has 0 amide bonds. The Hall–Kier alpha value is -2.68. The zero-order valence-electron chi connectivity index (χ0n) is 8.95. The molecule has 0 fully saturated rings. The first-order chi connectivity index (χ1) is 8.13. The van der Waals surface area contributed by atoms with Gasteiger partial charge in [0.25, 0.3) is 0 Å². The lowest BCUT2D eigenvalue weighted by Gasteiger charge is -2.05. The molecule has 0 aliphatic heterocycles. The molecule has 0 aromatic carbocycles. The predicted octanol–water partition coefficient (Wildman–Crippen LogP) is 1.15. The van der Waals surface area contributed by atoms with Gasteiger partial charge in [0.15, 0.2) is 0 Å². The van der Waals surface area contributed by atoms with Crippen molar-refractivity contribution in [3.05, 3.63) is 41.6 Å². The summed E-state index contributed by atoms with van der Waals surface area (Å²) in [6.07, 6.45) is 3.08. The fraction of sp³-hybridized carbons (Fsp3) is 0.0909. The van der Waals surface area contributed by atoms with E-state index in [9.17, 15) is 4.79 Å². The lowest BCUT2D eigenvalue weighted by atomic mass is 10.2. The van der Waals surface area contributed by atoms with Crippen molar-refractivity contribution < 1.29 is 9.90 Å². The Balaban J connectivity index is 2.53. The molecule has 0 radical (unpaired) electrons. The molecule has 0 spiro atoms. The number of pyridine rings is 1. The van der Waals surface area contributed by atoms with Crippen LogP contribution in [-0.4, -0.2) is 25.6 Å². The van der Waals surface area contributed by atoms with Crippen molar-refractivity contribution in [3.63, 3.8) is 0 Å². The van der Waals surface area contributed by atoms with E-state index in [4.69, 9.17) is 10.4 Å². The highest BCUT2D eigenvalue weighted by atomic mass is 16.4. The van der Waals surface area contributed by atoms with Crippen molar-refractivity contribution in [2.24, 2.45) is 0 Å². The van der Waals surface area contributed by atoms with E-state index in [1.54, 1.807) is 19.2 Å². The molecule has 2 rings (SSSR count). The minimum Gasteiger partial charge on any atom is -0.478 e. The van der Waals surface area contributed by atoms with Gasteiger partial charge in [-0.15, -0.1) is 0 Å². The number of nitrogens with zero attached hydrogens (tertiary/aromatic N) is 4. The van der Waals surface area contributed by atoms with Gasteiger partial charge in [-0.1, -0.05) is 0 Å². The third kappa shape index (κ3) is 1.86. The van der Waals surface area contributed by atoms with Crippen LogP contribution < -0.4 is 0 Å². The fourth-order valence-electron chi connectivity index (χ4n) is 1.48. The Kier molecular flexibility index (Phi) is 2.58. The van der Waals surface area contributed by atoms with E-state index in [0.29, 0.717) is 11.5 Å². The van der Waals surface area contributed by atoms with Crippen LogP contribution in [0.25, 0.3) is 5.82 Å². The average Bonchev–Trinajstić information content (AvgIpc) is 2.76. The van der Waals surface area contributed by atoms with E-state index < -0.39 is 5.97 Å². The average molecular weight is 228 g/mol. The van der Waals surface area contributed by atoms with Crippen molar-refractivity contribution in [3.8, 4) is 11.9 Å². The molecule has 1 N–H and O–H groups in total. The predicted molar refractivity (Wildman–Crippen MR) is 57.8 cm³/mol. The smallest absolute Gasteiger partial charge is 0.337 e. The quantitative estimate of drug-likeness (QED) is 0.832. The third-order valence-corrected chi connectivity index (χ3v) is 2.29. The van der Waals surface area contributed by atoms with E-state index >= 15 is 0 Å². The lowest BCUT2D eigenvalue weighted by molar-refractivity contribution is 0.0695. The van der Waals surface area contributed by atoms with Crippen LogP contribution in [0.5, 0.6) is 0 Å². The highest BCUT2D eigenvalue weighted by Gasteiger charge is 2.11. The molecule has 0 aliphatic rings. The van der Waals surface area contributed by atoms with Gasteiger partial charge in [0.05, 0.1) is 11.3 Å². The molecule has 0 unspecified atom stereocenters. The molecule has 2 aromatic heterocycles. The summed E-state index contributed by atoms with van der Waals surface area (Å²) in [6.45, 7) is 1.61. The van der Waals surface area contributed by atoms with Gasteiger partial charge in [0, 0.05) is 12.4 Å². The zero-order chi connectivity index (χ0) is 12.4. The molecule has 17 heavy (non-hydrogen) atoms. The Bertz CT molecular complexity index is 625. The number of carboxylic acid groups (broad SMARTS) is 1. The van der Waals surface area contributed by atoms with Gasteiger partial charge < -0.3 is 5.11 Å². The monoisotopic (exact) mass is 228 g/mol. The van der Waals surface area contributed by atoms with Crippen LogP contribution in [0.1, 0.15) is 21.9 Å². The minimum absolute atomic E-state index is 0.146. The van der Waals surface area contributed by atoms with Crippen LogP contribution in [-0.2, 0) is 0 Å². The molecular formula is C11H8N4O2. The van der Waals surface area contributed by atoms with Crippen LogP contribution in [0.2, 0.25) is 0 Å². The van der Waals surface area contributed by atoms with Gasteiger partial charge in [-0.25, -0.2) is 14.8 Å². The van der Waals surface area contributed by atoms with Gasteiger partial charge in [-0.05, 0) is 19.1 Å². The van der Waals surface area contributed by atoms with E-state index in [0.717, 1.165) is 0 Å². The first-order valence-electron chi connectivity index (χ1n) is 4.78. The fourth-order valence-corrected chi connectivity index (χ4v) is 1.48. The van der Waals surface area contributed by atoms with Crippen LogP contribution >= 0.6 is 0 Å². The highest BCUT2D eigenvalue weighted by Crippen LogP contribution is 2.12. The second-order valence-electron chi connectivity index (χ2n) is 3.34. The Labute approximate surface area is 96.8 Å². The maximum Gasteiger partial charge on any atom is 0.337 e. The number of nitriles is 1. The summed E-state index contributed by atoms with van der Waals surface area (Å²) in [5.74, 6) is -0.339. The second kappa shape index (κ2) is 4.06. The second-order valence-corrected chi connectivity index (χ2v) is 3.34. The summed E-state index contributed by atoms with van der Waals surface area (Å²) in [7, 11) is 0. The molecule has 2 aromatic rings. The maximum atomic E-state index is 10.8. The van der Waals surface area contributed by atoms with Crippen LogP contribution in [0, 0.1) is 18.3 Å². The zero-order valence-corrected chi connectivity index (χ0v) is 8.95. The van der Waals surface area contributed by atoms with Crippen molar-refractivity contribution in [2.75, 3.05) is 0 Å². The van der Waals surface area contributed by atoms with Crippen molar-refractivity contribution >= 4 is 5.97 Å². The number of aromatic nitrogens is 3. The largest absolute Gasteiger partial charge is 0.478 e. The molecule has 0 saturated heterocycles. The Morgan fingerprint density at radius 1 is 1.53 bits per heavy atom. The maximum absolute atomic E-state index is 10.8. The SMILES string of the molecule is Cc1nc(-n2ccnc2C#N)ccc1C(=O)O. The standard InChI is InChI=1S/C11H8N4O2/c1-7-8(11(16)17)2-3-9(14-7)15-5-4-13-10(15)6-12/h2-5H,1H3,(H,16,17). The summed E-state index contributed by atoms with van der Waals surface area (Å²) in [6, 6.07) is 4.93. The molecule has 6 nitrogen and oxygen atoms in total. The number of aromatic carboxylic acids is 1. The summed E-state index contributed by atoms with van der Waals surface area (Å²) in [4.78, 5) is 18.8. The third-order valence-electron chi connectivity index (χ3n) is 2.29. The van der Waals surface area contributed by atoms with E-state index in [-0.39, 0.29) is 11.4 Å². The molecule has 0 saturated carbocycles. The summed E-state index contributed by atoms with van der Waals surface area (Å²) >= 11 is 0. The normalized spacial score (nSPS) is 9.88. The van der Waals surface area contributed by atoms with Crippen LogP contribution in [0.3, 0.4) is 0 Å². The molecular weight excluding hydrogens is 220 g/mol.